The van der Waals surface area contributed by atoms with Gasteiger partial charge in [-0.05, 0) is 66.0 Å². The van der Waals surface area contributed by atoms with Gasteiger partial charge < -0.3 is 20.7 Å². The fourth-order valence-corrected chi connectivity index (χ4v) is 3.39. The summed E-state index contributed by atoms with van der Waals surface area (Å²) in [6.07, 6.45) is 3.39. The molecule has 0 rings (SSSR count). The summed E-state index contributed by atoms with van der Waals surface area (Å²) in [4.78, 5) is 2.53. The Morgan fingerprint density at radius 1 is 1.12 bits per heavy atom. The van der Waals surface area contributed by atoms with Crippen LogP contribution in [-0.4, -0.2) is 70.9 Å². The van der Waals surface area contributed by atoms with Gasteiger partial charge in [0, 0.05) is 12.1 Å². The summed E-state index contributed by atoms with van der Waals surface area (Å²) in [5, 5.41) is 10.4. The monoisotopic (exact) mass is 370 g/mol. The highest BCUT2D eigenvalue weighted by Crippen LogP contribution is 2.23. The quantitative estimate of drug-likeness (QED) is 0.306. The van der Waals surface area contributed by atoms with E-state index in [9.17, 15) is 0 Å². The maximum Gasteiger partial charge on any atom is 0.106 e. The number of hydrogen-bond donors (Lipinski definition) is 3. The molecule has 5 nitrogen and oxygen atoms in total. The van der Waals surface area contributed by atoms with E-state index in [0.29, 0.717) is 5.92 Å². The van der Waals surface area contributed by atoms with Gasteiger partial charge in [0.05, 0.1) is 13.2 Å². The highest BCUT2D eigenvalue weighted by Gasteiger charge is 2.33. The Morgan fingerprint density at radius 3 is 2.12 bits per heavy atom. The average Bonchev–Trinajstić information content (AvgIpc) is 2.64. The summed E-state index contributed by atoms with van der Waals surface area (Å²) in [5.74, 6) is 1.28. The third-order valence-corrected chi connectivity index (χ3v) is 4.95. The zero-order valence-corrected chi connectivity index (χ0v) is 18.6. The first kappa shape index (κ1) is 27.3. The van der Waals surface area contributed by atoms with E-state index in [1.807, 2.05) is 14.1 Å². The first-order valence-corrected chi connectivity index (χ1v) is 9.85. The van der Waals surface area contributed by atoms with Crippen LogP contribution in [0.15, 0.2) is 25.5 Å². The zero-order chi connectivity index (χ0) is 20.6. The molecule has 156 valence electrons. The molecule has 0 aliphatic carbocycles. The first-order chi connectivity index (χ1) is 12.4. The highest BCUT2D eigenvalue weighted by atomic mass is 16.5. The number of ether oxygens (including phenoxy) is 1. The predicted octanol–water partition coefficient (Wildman–Crippen LogP) is 2.86. The van der Waals surface area contributed by atoms with Crippen molar-refractivity contribution >= 4 is 0 Å². The third-order valence-electron chi connectivity index (χ3n) is 4.95. The Hall–Kier alpha value is -0.880. The van der Waals surface area contributed by atoms with Crippen LogP contribution in [0.2, 0.25) is 0 Å². The summed E-state index contributed by atoms with van der Waals surface area (Å²) in [6, 6.07) is 0.197. The van der Waals surface area contributed by atoms with Gasteiger partial charge in [0.2, 0.25) is 0 Å². The van der Waals surface area contributed by atoms with Crippen molar-refractivity contribution < 1.29 is 4.74 Å². The molecule has 0 saturated heterocycles. The van der Waals surface area contributed by atoms with Gasteiger partial charge >= 0.3 is 0 Å². The molecule has 0 radical (unpaired) electrons. The van der Waals surface area contributed by atoms with E-state index in [1.165, 1.54) is 6.42 Å². The van der Waals surface area contributed by atoms with Gasteiger partial charge in [0.15, 0.2) is 0 Å². The molecule has 0 aromatic rings. The molecule has 0 aromatic heterocycles. The topological polar surface area (TPSA) is 48.6 Å². The van der Waals surface area contributed by atoms with Crippen LogP contribution in [0.3, 0.4) is 0 Å². The molecular weight excluding hydrogens is 324 g/mol. The predicted molar refractivity (Wildman–Crippen MR) is 117 cm³/mol. The summed E-state index contributed by atoms with van der Waals surface area (Å²) in [7, 11) is 8.03. The normalized spacial score (nSPS) is 14.5. The van der Waals surface area contributed by atoms with Gasteiger partial charge in [-0.2, -0.15) is 0 Å². The van der Waals surface area contributed by atoms with Crippen LogP contribution in [0.5, 0.6) is 0 Å². The Kier molecular flexibility index (Phi) is 17.1. The van der Waals surface area contributed by atoms with Crippen molar-refractivity contribution in [2.24, 2.45) is 5.92 Å². The summed E-state index contributed by atoms with van der Waals surface area (Å²) in [5.41, 5.74) is 0.150. The van der Waals surface area contributed by atoms with Crippen molar-refractivity contribution in [3.05, 3.63) is 25.5 Å². The molecule has 0 aliphatic heterocycles. The second-order valence-electron chi connectivity index (χ2n) is 7.13. The van der Waals surface area contributed by atoms with Gasteiger partial charge in [0.25, 0.3) is 0 Å². The lowest BCUT2D eigenvalue weighted by molar-refractivity contribution is 0.0955. The number of rotatable bonds is 15. The molecule has 0 aliphatic rings. The maximum atomic E-state index is 5.36. The Balaban J connectivity index is 0. The minimum absolute atomic E-state index is 0.150. The number of methoxy groups -OCH3 is 1. The van der Waals surface area contributed by atoms with E-state index in [1.54, 1.807) is 7.11 Å². The van der Waals surface area contributed by atoms with Gasteiger partial charge in [0.1, 0.15) is 5.76 Å². The summed E-state index contributed by atoms with van der Waals surface area (Å²) >= 11 is 0. The second kappa shape index (κ2) is 16.3. The van der Waals surface area contributed by atoms with Crippen LogP contribution in [0, 0.1) is 5.92 Å². The van der Waals surface area contributed by atoms with Crippen LogP contribution in [0.1, 0.15) is 40.0 Å². The van der Waals surface area contributed by atoms with Crippen LogP contribution in [0.4, 0.5) is 0 Å². The molecule has 0 bridgehead atoms. The van der Waals surface area contributed by atoms with E-state index < -0.39 is 0 Å². The van der Waals surface area contributed by atoms with Crippen molar-refractivity contribution in [1.29, 1.82) is 0 Å². The third kappa shape index (κ3) is 9.72. The molecule has 0 spiro atoms. The van der Waals surface area contributed by atoms with E-state index >= 15 is 0 Å². The highest BCUT2D eigenvalue weighted by molar-refractivity contribution is 4.99. The number of hydrogen-bond acceptors (Lipinski definition) is 5. The fraction of sp³-hybridized carbons (Fsp3) is 0.810. The zero-order valence-electron chi connectivity index (χ0n) is 18.6. The molecule has 2 unspecified atom stereocenters. The molecule has 0 amide bonds. The SMILES string of the molecule is C=C.C=C(OC)C(NCCC(CCNC)(CNC)N(C)CCC)C(C)C. The minimum atomic E-state index is 0.150. The molecule has 26 heavy (non-hydrogen) atoms. The molecular formula is C21H46N4O. The molecule has 3 N–H and O–H groups in total. The van der Waals surface area contributed by atoms with Gasteiger partial charge in [-0.3, -0.25) is 4.90 Å². The van der Waals surface area contributed by atoms with Gasteiger partial charge in [-0.1, -0.05) is 27.4 Å². The molecule has 0 aromatic carbocycles. The van der Waals surface area contributed by atoms with Crippen LogP contribution in [-0.2, 0) is 4.74 Å². The Morgan fingerprint density at radius 2 is 1.69 bits per heavy atom. The first-order valence-electron chi connectivity index (χ1n) is 9.85. The smallest absolute Gasteiger partial charge is 0.106 e. The lowest BCUT2D eigenvalue weighted by Gasteiger charge is -2.43. The number of likely N-dealkylation sites (N-methyl/N-ethyl adjacent to an activating group) is 2. The van der Waals surface area contributed by atoms with Crippen molar-refractivity contribution in [1.82, 2.24) is 20.9 Å². The summed E-state index contributed by atoms with van der Waals surface area (Å²) < 4.78 is 5.36. The Labute approximate surface area is 163 Å². The largest absolute Gasteiger partial charge is 0.500 e. The number of nitrogens with one attached hydrogen (secondary N) is 3. The molecule has 0 heterocycles. The van der Waals surface area contributed by atoms with Crippen LogP contribution < -0.4 is 16.0 Å². The van der Waals surface area contributed by atoms with E-state index in [4.69, 9.17) is 4.74 Å². The second-order valence-corrected chi connectivity index (χ2v) is 7.13. The summed E-state index contributed by atoms with van der Waals surface area (Å²) in [6.45, 7) is 20.8. The molecule has 2 atom stereocenters. The fourth-order valence-electron chi connectivity index (χ4n) is 3.39. The van der Waals surface area contributed by atoms with E-state index in [2.05, 4.69) is 68.4 Å². The number of nitrogens with zero attached hydrogens (tertiary/aromatic N) is 1. The Bertz CT molecular complexity index is 349. The van der Waals surface area contributed by atoms with Crippen LogP contribution in [0.25, 0.3) is 0 Å². The average molecular weight is 371 g/mol. The van der Waals surface area contributed by atoms with E-state index in [0.717, 1.165) is 44.8 Å². The van der Waals surface area contributed by atoms with Crippen LogP contribution >= 0.6 is 0 Å². The van der Waals surface area contributed by atoms with Crippen molar-refractivity contribution in [2.75, 3.05) is 54.4 Å². The minimum Gasteiger partial charge on any atom is -0.500 e. The lowest BCUT2D eigenvalue weighted by atomic mass is 9.88. The van der Waals surface area contributed by atoms with Gasteiger partial charge in [-0.15, -0.1) is 13.2 Å². The van der Waals surface area contributed by atoms with E-state index in [-0.39, 0.29) is 11.6 Å². The molecule has 0 fully saturated rings. The van der Waals surface area contributed by atoms with Crippen molar-refractivity contribution in [2.45, 2.75) is 51.6 Å². The lowest BCUT2D eigenvalue weighted by Crippen LogP contribution is -2.56. The molecule has 0 saturated carbocycles. The maximum absolute atomic E-state index is 5.36. The van der Waals surface area contributed by atoms with Crippen molar-refractivity contribution in [3.8, 4) is 0 Å². The molecule has 5 heteroatoms. The standard InChI is InChI=1S/C19H42N4O.C2H4/c1-9-14-23(7)19(15-21-6,10-12-20-5)11-13-22-18(16(2)3)17(4)24-8;1-2/h16,18,20-22H,4,9-15H2,1-3,5-8H3;1-2H2. The van der Waals surface area contributed by atoms with Crippen molar-refractivity contribution in [3.63, 3.8) is 0 Å². The van der Waals surface area contributed by atoms with Gasteiger partial charge in [-0.25, -0.2) is 0 Å².